The number of benzene rings is 1. The van der Waals surface area contributed by atoms with E-state index in [4.69, 9.17) is 4.42 Å². The van der Waals surface area contributed by atoms with Gasteiger partial charge in [0.2, 0.25) is 5.91 Å². The van der Waals surface area contributed by atoms with Gasteiger partial charge in [-0.05, 0) is 37.6 Å². The quantitative estimate of drug-likeness (QED) is 0.713. The highest BCUT2D eigenvalue weighted by Crippen LogP contribution is 2.30. The highest BCUT2D eigenvalue weighted by atomic mass is 32.2. The van der Waals surface area contributed by atoms with Gasteiger partial charge in [-0.1, -0.05) is 18.2 Å². The SMILES string of the molecule is C[C@@]1(c2ccco2)NC(=O)N(CC(=O)N(c2ccccc2)[C@H]2CCS(=O)(=O)C2)C1=O. The molecular formula is C20H21N3O6S. The third-order valence-corrected chi connectivity index (χ3v) is 7.21. The Morgan fingerprint density at radius 2 is 1.97 bits per heavy atom. The maximum absolute atomic E-state index is 13.2. The number of carbonyl (C=O) groups excluding carboxylic acids is 3. The van der Waals surface area contributed by atoms with Crippen LogP contribution in [0.5, 0.6) is 0 Å². The van der Waals surface area contributed by atoms with E-state index in [1.54, 1.807) is 42.5 Å². The molecule has 2 aliphatic heterocycles. The number of urea groups is 1. The van der Waals surface area contributed by atoms with Gasteiger partial charge in [-0.25, -0.2) is 13.2 Å². The van der Waals surface area contributed by atoms with Crippen LogP contribution in [0.25, 0.3) is 0 Å². The second kappa shape index (κ2) is 7.28. The van der Waals surface area contributed by atoms with Gasteiger partial charge in [-0.3, -0.25) is 14.5 Å². The van der Waals surface area contributed by atoms with Gasteiger partial charge in [0.05, 0.1) is 23.8 Å². The zero-order valence-electron chi connectivity index (χ0n) is 16.3. The average Bonchev–Trinajstić information content (AvgIpc) is 3.40. The molecule has 0 spiro atoms. The Balaban J connectivity index is 1.60. The molecule has 1 N–H and O–H groups in total. The minimum absolute atomic E-state index is 0.00598. The number of hydrogen-bond donors (Lipinski definition) is 1. The van der Waals surface area contributed by atoms with E-state index in [2.05, 4.69) is 5.32 Å². The van der Waals surface area contributed by atoms with Gasteiger partial charge in [0, 0.05) is 5.69 Å². The molecule has 2 atom stereocenters. The molecule has 3 heterocycles. The van der Waals surface area contributed by atoms with Crippen LogP contribution in [0.4, 0.5) is 10.5 Å². The maximum Gasteiger partial charge on any atom is 0.325 e. The van der Waals surface area contributed by atoms with Crippen molar-refractivity contribution >= 4 is 33.4 Å². The molecule has 2 saturated heterocycles. The van der Waals surface area contributed by atoms with Crippen LogP contribution in [0, 0.1) is 0 Å². The van der Waals surface area contributed by atoms with Crippen LogP contribution >= 0.6 is 0 Å². The Kier molecular flexibility index (Phi) is 4.89. The number of para-hydroxylation sites is 1. The van der Waals surface area contributed by atoms with E-state index in [1.807, 2.05) is 0 Å². The number of hydrogen-bond acceptors (Lipinski definition) is 6. The molecule has 158 valence electrons. The van der Waals surface area contributed by atoms with Crippen LogP contribution in [-0.2, 0) is 25.0 Å². The highest BCUT2D eigenvalue weighted by Gasteiger charge is 2.52. The molecule has 2 aliphatic rings. The van der Waals surface area contributed by atoms with E-state index in [0.29, 0.717) is 12.1 Å². The van der Waals surface area contributed by atoms with Gasteiger partial charge in [0.15, 0.2) is 15.4 Å². The summed E-state index contributed by atoms with van der Waals surface area (Å²) in [6.45, 7) is 1.00. The third kappa shape index (κ3) is 3.47. The summed E-state index contributed by atoms with van der Waals surface area (Å²) in [6, 6.07) is 10.6. The molecule has 30 heavy (non-hydrogen) atoms. The Labute approximate surface area is 173 Å². The first-order valence-corrected chi connectivity index (χ1v) is 11.3. The van der Waals surface area contributed by atoms with E-state index in [9.17, 15) is 22.8 Å². The Hall–Kier alpha value is -3.14. The molecular weight excluding hydrogens is 410 g/mol. The monoisotopic (exact) mass is 431 g/mol. The summed E-state index contributed by atoms with van der Waals surface area (Å²) in [7, 11) is -3.25. The van der Waals surface area contributed by atoms with E-state index < -0.39 is 45.8 Å². The van der Waals surface area contributed by atoms with Crippen molar-refractivity contribution < 1.29 is 27.2 Å². The van der Waals surface area contributed by atoms with Crippen molar-refractivity contribution in [1.29, 1.82) is 0 Å². The first-order valence-electron chi connectivity index (χ1n) is 9.47. The van der Waals surface area contributed by atoms with Crippen LogP contribution in [0.15, 0.2) is 53.1 Å². The van der Waals surface area contributed by atoms with Crippen LogP contribution in [-0.4, -0.2) is 55.3 Å². The standard InChI is InChI=1S/C20H21N3O6S/c1-20(16-8-5-10-29-16)18(25)22(19(26)21-20)12-17(24)23(14-6-3-2-4-7-14)15-9-11-30(27,28)13-15/h2-8,10,15H,9,11-13H2,1H3,(H,21,26)/t15-,20-/m0/s1. The molecule has 10 heteroatoms. The second-order valence-corrected chi connectivity index (χ2v) is 9.81. The van der Waals surface area contributed by atoms with E-state index >= 15 is 0 Å². The molecule has 4 amide bonds. The summed E-state index contributed by atoms with van der Waals surface area (Å²) >= 11 is 0. The predicted octanol–water partition coefficient (Wildman–Crippen LogP) is 1.27. The lowest BCUT2D eigenvalue weighted by Crippen LogP contribution is -2.48. The molecule has 2 aromatic rings. The third-order valence-electron chi connectivity index (χ3n) is 5.46. The number of nitrogens with one attached hydrogen (secondary N) is 1. The Morgan fingerprint density at radius 1 is 1.23 bits per heavy atom. The first kappa shape index (κ1) is 20.1. The fourth-order valence-corrected chi connectivity index (χ4v) is 5.61. The van der Waals surface area contributed by atoms with Crippen LogP contribution in [0.3, 0.4) is 0 Å². The first-order chi connectivity index (χ1) is 14.2. The minimum Gasteiger partial charge on any atom is -0.466 e. The van der Waals surface area contributed by atoms with Crippen molar-refractivity contribution in [2.75, 3.05) is 23.0 Å². The molecule has 0 bridgehead atoms. The Morgan fingerprint density at radius 3 is 2.57 bits per heavy atom. The number of rotatable bonds is 5. The molecule has 0 saturated carbocycles. The number of imide groups is 1. The lowest BCUT2D eigenvalue weighted by Gasteiger charge is -2.29. The van der Waals surface area contributed by atoms with Crippen molar-refractivity contribution in [3.05, 3.63) is 54.5 Å². The minimum atomic E-state index is -3.25. The van der Waals surface area contributed by atoms with Gasteiger partial charge in [-0.2, -0.15) is 0 Å². The molecule has 0 unspecified atom stereocenters. The van der Waals surface area contributed by atoms with Gasteiger partial charge in [0.1, 0.15) is 12.3 Å². The van der Waals surface area contributed by atoms with Crippen molar-refractivity contribution in [1.82, 2.24) is 10.2 Å². The molecule has 1 aromatic heterocycles. The molecule has 9 nitrogen and oxygen atoms in total. The molecule has 2 fully saturated rings. The lowest BCUT2D eigenvalue weighted by atomic mass is 9.99. The number of amides is 4. The van der Waals surface area contributed by atoms with Crippen LogP contribution in [0.1, 0.15) is 19.1 Å². The summed E-state index contributed by atoms with van der Waals surface area (Å²) < 4.78 is 29.3. The fourth-order valence-electron chi connectivity index (χ4n) is 3.91. The number of furan rings is 1. The van der Waals surface area contributed by atoms with Crippen LogP contribution < -0.4 is 10.2 Å². The largest absolute Gasteiger partial charge is 0.466 e. The van der Waals surface area contributed by atoms with E-state index in [0.717, 1.165) is 4.90 Å². The smallest absolute Gasteiger partial charge is 0.325 e. The number of nitrogens with zero attached hydrogens (tertiary/aromatic N) is 2. The van der Waals surface area contributed by atoms with Gasteiger partial charge >= 0.3 is 6.03 Å². The summed E-state index contributed by atoms with van der Waals surface area (Å²) in [4.78, 5) is 40.9. The second-order valence-electron chi connectivity index (χ2n) is 7.58. The fraction of sp³-hybridized carbons (Fsp3) is 0.350. The van der Waals surface area contributed by atoms with Crippen molar-refractivity contribution in [2.24, 2.45) is 0 Å². The summed E-state index contributed by atoms with van der Waals surface area (Å²) in [6.07, 6.45) is 1.69. The summed E-state index contributed by atoms with van der Waals surface area (Å²) in [5.41, 5.74) is -0.889. The highest BCUT2D eigenvalue weighted by molar-refractivity contribution is 7.91. The van der Waals surface area contributed by atoms with Crippen molar-refractivity contribution in [3.63, 3.8) is 0 Å². The van der Waals surface area contributed by atoms with Gasteiger partial charge in [-0.15, -0.1) is 0 Å². The molecule has 4 rings (SSSR count). The summed E-state index contributed by atoms with van der Waals surface area (Å²) in [5, 5.41) is 2.58. The van der Waals surface area contributed by atoms with Gasteiger partial charge in [0.25, 0.3) is 5.91 Å². The number of sulfone groups is 1. The summed E-state index contributed by atoms with van der Waals surface area (Å²) in [5.74, 6) is -1.04. The van der Waals surface area contributed by atoms with Crippen LogP contribution in [0.2, 0.25) is 0 Å². The zero-order chi connectivity index (χ0) is 21.5. The predicted molar refractivity (Wildman–Crippen MR) is 107 cm³/mol. The normalized spacial score (nSPS) is 25.4. The van der Waals surface area contributed by atoms with E-state index in [1.165, 1.54) is 18.1 Å². The van der Waals surface area contributed by atoms with E-state index in [-0.39, 0.29) is 17.3 Å². The number of anilines is 1. The molecule has 1 aromatic carbocycles. The number of carbonyl (C=O) groups is 3. The zero-order valence-corrected chi connectivity index (χ0v) is 17.1. The topological polar surface area (TPSA) is 117 Å². The molecule has 0 radical (unpaired) electrons. The van der Waals surface area contributed by atoms with Crippen molar-refractivity contribution in [2.45, 2.75) is 24.9 Å². The molecule has 0 aliphatic carbocycles. The Bertz CT molecular complexity index is 1080. The maximum atomic E-state index is 13.2. The lowest BCUT2D eigenvalue weighted by molar-refractivity contribution is -0.134. The van der Waals surface area contributed by atoms with Crippen molar-refractivity contribution in [3.8, 4) is 0 Å². The van der Waals surface area contributed by atoms with Gasteiger partial charge < -0.3 is 14.6 Å². The average molecular weight is 431 g/mol.